The predicted octanol–water partition coefficient (Wildman–Crippen LogP) is 1.46. The van der Waals surface area contributed by atoms with Crippen molar-refractivity contribution in [2.24, 2.45) is 11.7 Å². The van der Waals surface area contributed by atoms with Gasteiger partial charge in [0.05, 0.1) is 0 Å². The Morgan fingerprint density at radius 2 is 2.05 bits per heavy atom. The highest BCUT2D eigenvalue weighted by molar-refractivity contribution is 7.87. The molecule has 1 aliphatic heterocycles. The molecule has 0 aromatic carbocycles. The van der Waals surface area contributed by atoms with E-state index >= 15 is 0 Å². The number of hydrogen-bond donors (Lipinski definition) is 2. The van der Waals surface area contributed by atoms with E-state index in [-0.39, 0.29) is 6.04 Å². The van der Waals surface area contributed by atoms with Crippen LogP contribution in [0.5, 0.6) is 0 Å². The molecule has 3 N–H and O–H groups in total. The van der Waals surface area contributed by atoms with E-state index in [0.29, 0.717) is 25.6 Å². The lowest BCUT2D eigenvalue weighted by Gasteiger charge is -2.31. The zero-order chi connectivity index (χ0) is 15.6. The van der Waals surface area contributed by atoms with Crippen LogP contribution in [0.3, 0.4) is 0 Å². The number of hydrogen-bond acceptors (Lipinski definition) is 4. The summed E-state index contributed by atoms with van der Waals surface area (Å²) in [4.78, 5) is 0. The van der Waals surface area contributed by atoms with Crippen LogP contribution in [-0.2, 0) is 10.2 Å². The van der Waals surface area contributed by atoms with Crippen LogP contribution in [0.25, 0.3) is 0 Å². The fourth-order valence-corrected chi connectivity index (χ4v) is 4.24. The van der Waals surface area contributed by atoms with E-state index < -0.39 is 10.2 Å². The molecular weight excluding hydrogens is 290 g/mol. The molecule has 0 radical (unpaired) electrons. The Morgan fingerprint density at radius 3 is 2.52 bits per heavy atom. The first kappa shape index (κ1) is 16.5. The van der Waals surface area contributed by atoms with Crippen molar-refractivity contribution in [2.45, 2.75) is 39.7 Å². The van der Waals surface area contributed by atoms with Crippen molar-refractivity contribution in [1.82, 2.24) is 9.03 Å². The van der Waals surface area contributed by atoms with Gasteiger partial charge in [0.25, 0.3) is 10.2 Å². The molecule has 1 aromatic rings. The molecular formula is C14H25N3O3S. The normalized spacial score (nSPS) is 19.8. The van der Waals surface area contributed by atoms with E-state index in [1.165, 1.54) is 4.31 Å². The molecule has 1 unspecified atom stereocenters. The second kappa shape index (κ2) is 6.48. The third-order valence-electron chi connectivity index (χ3n) is 4.12. The molecule has 0 saturated carbocycles. The first-order valence-corrected chi connectivity index (χ1v) is 8.82. The molecule has 120 valence electrons. The number of furan rings is 1. The third kappa shape index (κ3) is 3.85. The van der Waals surface area contributed by atoms with Crippen molar-refractivity contribution in [3.8, 4) is 0 Å². The maximum atomic E-state index is 12.4. The summed E-state index contributed by atoms with van der Waals surface area (Å²) in [5, 5.41) is 0. The van der Waals surface area contributed by atoms with Crippen LogP contribution in [0.2, 0.25) is 0 Å². The zero-order valence-electron chi connectivity index (χ0n) is 12.9. The van der Waals surface area contributed by atoms with Gasteiger partial charge in [-0.05, 0) is 52.1 Å². The second-order valence-electron chi connectivity index (χ2n) is 5.79. The maximum absolute atomic E-state index is 12.4. The molecule has 1 aliphatic rings. The highest BCUT2D eigenvalue weighted by Crippen LogP contribution is 2.24. The summed E-state index contributed by atoms with van der Waals surface area (Å²) in [5.74, 6) is 1.98. The van der Waals surface area contributed by atoms with E-state index in [9.17, 15) is 8.42 Å². The monoisotopic (exact) mass is 315 g/mol. The average molecular weight is 315 g/mol. The summed E-state index contributed by atoms with van der Waals surface area (Å²) in [6, 6.07) is 1.57. The number of nitrogens with one attached hydrogen (secondary N) is 1. The molecule has 21 heavy (non-hydrogen) atoms. The van der Waals surface area contributed by atoms with Crippen LogP contribution in [-0.4, -0.2) is 32.4 Å². The molecule has 0 amide bonds. The van der Waals surface area contributed by atoms with Gasteiger partial charge in [0.15, 0.2) is 0 Å². The number of piperidine rings is 1. The fourth-order valence-electron chi connectivity index (χ4n) is 2.83. The highest BCUT2D eigenvalue weighted by atomic mass is 32.2. The largest absolute Gasteiger partial charge is 0.466 e. The number of aryl methyl sites for hydroxylation is 2. The third-order valence-corrected chi connectivity index (χ3v) is 5.81. The standard InChI is InChI=1S/C14H25N3O3S/c1-10-8-14(12(3)20-10)11(2)16-21(18,19)17-6-4-13(9-15)5-7-17/h8,11,13,16H,4-7,9,15H2,1-3H3. The molecule has 0 spiro atoms. The molecule has 1 fully saturated rings. The summed E-state index contributed by atoms with van der Waals surface area (Å²) in [6.45, 7) is 7.24. The van der Waals surface area contributed by atoms with Gasteiger partial charge in [-0.3, -0.25) is 0 Å². The molecule has 2 rings (SSSR count). The van der Waals surface area contributed by atoms with Crippen LogP contribution in [0.4, 0.5) is 0 Å². The van der Waals surface area contributed by atoms with Gasteiger partial charge in [-0.2, -0.15) is 17.4 Å². The number of nitrogens with two attached hydrogens (primary N) is 1. The topological polar surface area (TPSA) is 88.6 Å². The van der Waals surface area contributed by atoms with Crippen molar-refractivity contribution in [3.63, 3.8) is 0 Å². The van der Waals surface area contributed by atoms with Gasteiger partial charge < -0.3 is 10.2 Å². The second-order valence-corrected chi connectivity index (χ2v) is 7.49. The molecule has 6 nitrogen and oxygen atoms in total. The predicted molar refractivity (Wildman–Crippen MR) is 82.0 cm³/mol. The molecule has 1 saturated heterocycles. The molecule has 2 heterocycles. The Labute approximate surface area is 126 Å². The minimum Gasteiger partial charge on any atom is -0.466 e. The van der Waals surface area contributed by atoms with Crippen LogP contribution < -0.4 is 10.5 Å². The van der Waals surface area contributed by atoms with Crippen LogP contribution in [0.1, 0.15) is 42.9 Å². The molecule has 7 heteroatoms. The molecule has 0 bridgehead atoms. The summed E-state index contributed by atoms with van der Waals surface area (Å²) in [6.07, 6.45) is 1.66. The Kier molecular flexibility index (Phi) is 5.08. The summed E-state index contributed by atoms with van der Waals surface area (Å²) >= 11 is 0. The van der Waals surface area contributed by atoms with Gasteiger partial charge in [-0.15, -0.1) is 0 Å². The average Bonchev–Trinajstić information content (AvgIpc) is 2.77. The Morgan fingerprint density at radius 1 is 1.43 bits per heavy atom. The van der Waals surface area contributed by atoms with Gasteiger partial charge >= 0.3 is 0 Å². The van der Waals surface area contributed by atoms with Gasteiger partial charge in [-0.25, -0.2) is 0 Å². The highest BCUT2D eigenvalue weighted by Gasteiger charge is 2.29. The smallest absolute Gasteiger partial charge is 0.279 e. The quantitative estimate of drug-likeness (QED) is 0.861. The van der Waals surface area contributed by atoms with E-state index in [2.05, 4.69) is 4.72 Å². The van der Waals surface area contributed by atoms with Gasteiger partial charge in [-0.1, -0.05) is 0 Å². The van der Waals surface area contributed by atoms with Crippen LogP contribution >= 0.6 is 0 Å². The number of nitrogens with zero attached hydrogens (tertiary/aromatic N) is 1. The summed E-state index contributed by atoms with van der Waals surface area (Å²) < 4.78 is 34.6. The van der Waals surface area contributed by atoms with E-state index in [4.69, 9.17) is 10.2 Å². The molecule has 1 aromatic heterocycles. The van der Waals surface area contributed by atoms with Crippen molar-refractivity contribution in [2.75, 3.05) is 19.6 Å². The fraction of sp³-hybridized carbons (Fsp3) is 0.714. The van der Waals surface area contributed by atoms with E-state index in [1.807, 2.05) is 26.8 Å². The Bertz CT molecular complexity index is 574. The molecule has 0 aliphatic carbocycles. The van der Waals surface area contributed by atoms with E-state index in [0.717, 1.165) is 29.9 Å². The lowest BCUT2D eigenvalue weighted by atomic mass is 9.99. The van der Waals surface area contributed by atoms with Gasteiger partial charge in [0, 0.05) is 24.7 Å². The first-order valence-electron chi connectivity index (χ1n) is 7.38. The zero-order valence-corrected chi connectivity index (χ0v) is 13.7. The number of rotatable bonds is 5. The minimum absolute atomic E-state index is 0.306. The van der Waals surface area contributed by atoms with Gasteiger partial charge in [0.2, 0.25) is 0 Å². The van der Waals surface area contributed by atoms with Gasteiger partial charge in [0.1, 0.15) is 11.5 Å². The van der Waals surface area contributed by atoms with E-state index in [1.54, 1.807) is 0 Å². The Hall–Kier alpha value is -0.890. The van der Waals surface area contributed by atoms with Crippen LogP contribution in [0.15, 0.2) is 10.5 Å². The summed E-state index contributed by atoms with van der Waals surface area (Å²) in [7, 11) is -3.47. The van der Waals surface area contributed by atoms with Crippen LogP contribution in [0, 0.1) is 19.8 Å². The summed E-state index contributed by atoms with van der Waals surface area (Å²) in [5.41, 5.74) is 6.52. The SMILES string of the molecule is Cc1cc(C(C)NS(=O)(=O)N2CCC(CN)CC2)c(C)o1. The molecule has 1 atom stereocenters. The first-order chi connectivity index (χ1) is 9.83. The van der Waals surface area contributed by atoms with Crippen molar-refractivity contribution in [3.05, 3.63) is 23.2 Å². The van der Waals surface area contributed by atoms with Crippen molar-refractivity contribution >= 4 is 10.2 Å². The minimum atomic E-state index is -3.47. The lowest BCUT2D eigenvalue weighted by molar-refractivity contribution is 0.274. The van der Waals surface area contributed by atoms with Crippen molar-refractivity contribution in [1.29, 1.82) is 0 Å². The Balaban J connectivity index is 2.02. The van der Waals surface area contributed by atoms with Crippen molar-refractivity contribution < 1.29 is 12.8 Å². The lowest BCUT2D eigenvalue weighted by Crippen LogP contribution is -2.46. The maximum Gasteiger partial charge on any atom is 0.279 e.